The molecule has 3 N–H and O–H groups in total. The lowest BCUT2D eigenvalue weighted by molar-refractivity contribution is -0.104. The average molecular weight is 466 g/mol. The summed E-state index contributed by atoms with van der Waals surface area (Å²) in [4.78, 5) is 24.9. The van der Waals surface area contributed by atoms with Crippen molar-refractivity contribution in [1.29, 1.82) is 0 Å². The molecule has 1 amide bonds. The number of fused-ring (bicyclic) bond motifs is 1. The van der Waals surface area contributed by atoms with Gasteiger partial charge >= 0.3 is 0 Å². The smallest absolute Gasteiger partial charge is 0.263 e. The maximum Gasteiger partial charge on any atom is 0.263 e. The molecule has 1 saturated heterocycles. The molecule has 3 heterocycles. The number of nitrogens with one attached hydrogen (secondary N) is 1. The number of carbonyl (C=O) groups excluding carboxylic acids is 1. The number of amides is 1. The minimum atomic E-state index is -0.277. The molecular formula is C25H28FN5OS. The van der Waals surface area contributed by atoms with Crippen LogP contribution in [0, 0.1) is 30.0 Å². The Labute approximate surface area is 196 Å². The predicted octanol–water partition coefficient (Wildman–Crippen LogP) is 4.49. The average Bonchev–Trinajstić information content (AvgIpc) is 3.32. The summed E-state index contributed by atoms with van der Waals surface area (Å²) in [6.45, 7) is 6.22. The third-order valence-corrected chi connectivity index (χ3v) is 9.38. The van der Waals surface area contributed by atoms with Crippen LogP contribution in [0.2, 0.25) is 0 Å². The zero-order chi connectivity index (χ0) is 22.9. The molecule has 4 atom stereocenters. The van der Waals surface area contributed by atoms with E-state index in [2.05, 4.69) is 20.2 Å². The van der Waals surface area contributed by atoms with E-state index in [4.69, 9.17) is 5.73 Å². The Bertz CT molecular complexity index is 1280. The van der Waals surface area contributed by atoms with Crippen LogP contribution in [0.3, 0.4) is 0 Å². The second-order valence-corrected chi connectivity index (χ2v) is 11.1. The van der Waals surface area contributed by atoms with E-state index in [1.54, 1.807) is 12.3 Å². The van der Waals surface area contributed by atoms with Crippen LogP contribution in [0.4, 0.5) is 15.8 Å². The van der Waals surface area contributed by atoms with E-state index < -0.39 is 0 Å². The largest absolute Gasteiger partial charge is 0.396 e. The van der Waals surface area contributed by atoms with Crippen LogP contribution < -0.4 is 16.0 Å². The Morgan fingerprint density at radius 3 is 2.97 bits per heavy atom. The summed E-state index contributed by atoms with van der Waals surface area (Å²) >= 11 is 1.23. The summed E-state index contributed by atoms with van der Waals surface area (Å²) in [5.74, 6) is 1.05. The van der Waals surface area contributed by atoms with Crippen molar-refractivity contribution >= 4 is 39.0 Å². The number of benzene rings is 1. The monoisotopic (exact) mass is 465 g/mol. The van der Waals surface area contributed by atoms with Crippen molar-refractivity contribution in [3.05, 3.63) is 46.3 Å². The summed E-state index contributed by atoms with van der Waals surface area (Å²) < 4.78 is 15.1. The minimum Gasteiger partial charge on any atom is -0.396 e. The molecule has 33 heavy (non-hydrogen) atoms. The van der Waals surface area contributed by atoms with E-state index in [9.17, 15) is 4.79 Å². The number of nitrogens with zero attached hydrogens (tertiary/aromatic N) is 3. The van der Waals surface area contributed by atoms with Gasteiger partial charge in [-0.3, -0.25) is 4.79 Å². The van der Waals surface area contributed by atoms with Crippen LogP contribution in [0.5, 0.6) is 0 Å². The molecule has 3 aromatic rings. The first-order valence-electron chi connectivity index (χ1n) is 11.7. The first-order chi connectivity index (χ1) is 15.9. The number of hydrogen-bond donors (Lipinski definition) is 2. The van der Waals surface area contributed by atoms with E-state index in [1.165, 1.54) is 30.6 Å². The van der Waals surface area contributed by atoms with Crippen LogP contribution in [0.15, 0.2) is 24.4 Å². The maximum absolute atomic E-state index is 15.1. The number of anilines is 2. The lowest BCUT2D eigenvalue weighted by Gasteiger charge is -2.60. The summed E-state index contributed by atoms with van der Waals surface area (Å²) in [6.07, 6.45) is 5.70. The van der Waals surface area contributed by atoms with Gasteiger partial charge in [0, 0.05) is 37.4 Å². The van der Waals surface area contributed by atoms with Gasteiger partial charge in [0.05, 0.1) is 11.4 Å². The zero-order valence-electron chi connectivity index (χ0n) is 18.9. The molecule has 6 nitrogen and oxygen atoms in total. The Hall–Kier alpha value is -2.74. The fourth-order valence-electron chi connectivity index (χ4n) is 6.19. The van der Waals surface area contributed by atoms with E-state index in [1.807, 2.05) is 26.0 Å². The van der Waals surface area contributed by atoms with Gasteiger partial charge < -0.3 is 16.0 Å². The maximum atomic E-state index is 15.1. The van der Waals surface area contributed by atoms with Crippen LogP contribution in [0.25, 0.3) is 10.3 Å². The number of aryl methyl sites for hydroxylation is 1. The van der Waals surface area contributed by atoms with Gasteiger partial charge in [0.15, 0.2) is 0 Å². The van der Waals surface area contributed by atoms with E-state index in [0.717, 1.165) is 36.3 Å². The number of thiophene rings is 1. The SMILES string of the molecule is Cc1cnc2c(N)c(C(=O)NC[C@@H](C)c3ccc(N4CC5CC6CCC65C4)cc3F)sc2n1. The van der Waals surface area contributed by atoms with Crippen LogP contribution in [-0.4, -0.2) is 35.5 Å². The predicted molar refractivity (Wildman–Crippen MR) is 129 cm³/mol. The molecular weight excluding hydrogens is 437 g/mol. The lowest BCUT2D eigenvalue weighted by Crippen LogP contribution is -2.55. The standard InChI is InChI=1S/C25H28FN5OS/c1-13(9-29-23(32)22-20(27)21-24(33-22)30-14(2)10-28-21)18-4-3-17(8-19(18)26)31-11-16-7-15-5-6-25(15,16)12-31/h3-4,8,10,13,15-16H,5-7,9,11-12,27H2,1-2H3,(H,29,32)/t13-,15?,16?,25?/m1/s1. The molecule has 3 unspecified atom stereocenters. The third kappa shape index (κ3) is 3.14. The molecule has 172 valence electrons. The van der Waals surface area contributed by atoms with Gasteiger partial charge in [0.2, 0.25) is 0 Å². The number of nitrogen functional groups attached to an aromatic ring is 1. The third-order valence-electron chi connectivity index (χ3n) is 8.29. The minimum absolute atomic E-state index is 0.165. The van der Waals surface area contributed by atoms with Crippen molar-refractivity contribution in [3.8, 4) is 0 Å². The molecule has 3 fully saturated rings. The molecule has 2 aromatic heterocycles. The summed E-state index contributed by atoms with van der Waals surface area (Å²) in [5, 5.41) is 2.91. The molecule has 1 aliphatic heterocycles. The summed E-state index contributed by atoms with van der Waals surface area (Å²) in [6, 6.07) is 5.59. The Morgan fingerprint density at radius 1 is 1.42 bits per heavy atom. The molecule has 1 spiro atoms. The summed E-state index contributed by atoms with van der Waals surface area (Å²) in [7, 11) is 0. The summed E-state index contributed by atoms with van der Waals surface area (Å²) in [5.41, 5.74) is 9.93. The fraction of sp³-hybridized carbons (Fsp3) is 0.480. The molecule has 3 aliphatic rings. The molecule has 0 radical (unpaired) electrons. The Balaban J connectivity index is 1.12. The van der Waals surface area contributed by atoms with Gasteiger partial charge in [-0.05, 0) is 61.1 Å². The zero-order valence-corrected chi connectivity index (χ0v) is 19.7. The highest BCUT2D eigenvalue weighted by Crippen LogP contribution is 2.67. The van der Waals surface area contributed by atoms with Crippen molar-refractivity contribution in [2.75, 3.05) is 30.3 Å². The number of aromatic nitrogens is 2. The van der Waals surface area contributed by atoms with Gasteiger partial charge in [0.1, 0.15) is 21.0 Å². The first-order valence-corrected chi connectivity index (χ1v) is 12.5. The Morgan fingerprint density at radius 2 is 2.27 bits per heavy atom. The molecule has 0 bridgehead atoms. The Kier molecular flexibility index (Phi) is 4.66. The molecule has 1 aromatic carbocycles. The van der Waals surface area contributed by atoms with E-state index >= 15 is 4.39 Å². The highest BCUT2D eigenvalue weighted by Gasteiger charge is 2.64. The quantitative estimate of drug-likeness (QED) is 0.580. The van der Waals surface area contributed by atoms with Crippen LogP contribution in [-0.2, 0) is 0 Å². The van der Waals surface area contributed by atoms with Crippen molar-refractivity contribution < 1.29 is 9.18 Å². The second kappa shape index (κ2) is 7.38. The molecule has 8 heteroatoms. The number of nitrogens with two attached hydrogens (primary N) is 1. The van der Waals surface area contributed by atoms with Gasteiger partial charge in [-0.1, -0.05) is 13.0 Å². The molecule has 6 rings (SSSR count). The molecule has 2 saturated carbocycles. The lowest BCUT2D eigenvalue weighted by atomic mass is 9.43. The van der Waals surface area contributed by atoms with Crippen molar-refractivity contribution in [2.24, 2.45) is 17.3 Å². The van der Waals surface area contributed by atoms with E-state index in [-0.39, 0.29) is 17.6 Å². The second-order valence-electron chi connectivity index (χ2n) is 10.1. The topological polar surface area (TPSA) is 84.1 Å². The number of halogens is 1. The van der Waals surface area contributed by atoms with Gasteiger partial charge in [-0.15, -0.1) is 11.3 Å². The van der Waals surface area contributed by atoms with Gasteiger partial charge in [-0.2, -0.15) is 0 Å². The van der Waals surface area contributed by atoms with Crippen LogP contribution in [0.1, 0.15) is 53.0 Å². The highest BCUT2D eigenvalue weighted by molar-refractivity contribution is 7.21. The fourth-order valence-corrected chi connectivity index (χ4v) is 7.20. The number of rotatable bonds is 5. The van der Waals surface area contributed by atoms with Gasteiger partial charge in [-0.25, -0.2) is 14.4 Å². The highest BCUT2D eigenvalue weighted by atomic mass is 32.1. The van der Waals surface area contributed by atoms with Crippen molar-refractivity contribution in [1.82, 2.24) is 15.3 Å². The normalized spacial score (nSPS) is 26.3. The van der Waals surface area contributed by atoms with E-state index in [0.29, 0.717) is 38.4 Å². The number of hydrogen-bond acceptors (Lipinski definition) is 6. The first kappa shape index (κ1) is 20.8. The van der Waals surface area contributed by atoms with Crippen molar-refractivity contribution in [3.63, 3.8) is 0 Å². The molecule has 2 aliphatic carbocycles. The number of carbonyl (C=O) groups is 1. The van der Waals surface area contributed by atoms with Crippen LogP contribution >= 0.6 is 11.3 Å². The van der Waals surface area contributed by atoms with Crippen molar-refractivity contribution in [2.45, 2.75) is 39.0 Å². The van der Waals surface area contributed by atoms with Gasteiger partial charge in [0.25, 0.3) is 5.91 Å².